The Hall–Kier alpha value is -2.05. The third-order valence-electron chi connectivity index (χ3n) is 3.86. The molecular weight excluding hydrogens is 371 g/mol. The van der Waals surface area contributed by atoms with Crippen molar-refractivity contribution in [1.29, 1.82) is 0 Å². The molecule has 1 fully saturated rings. The van der Waals surface area contributed by atoms with E-state index in [1.807, 2.05) is 0 Å². The topological polar surface area (TPSA) is 89.9 Å². The van der Waals surface area contributed by atoms with E-state index in [2.05, 4.69) is 11.3 Å². The Morgan fingerprint density at radius 3 is 2.28 bits per heavy atom. The average molecular weight is 387 g/mol. The zero-order valence-electron chi connectivity index (χ0n) is 13.2. The van der Waals surface area contributed by atoms with Crippen molar-refractivity contribution in [1.82, 2.24) is 0 Å². The predicted molar refractivity (Wildman–Crippen MR) is 90.4 cm³/mol. The van der Waals surface area contributed by atoms with Crippen LogP contribution in [0.25, 0.3) is 0 Å². The van der Waals surface area contributed by atoms with Crippen LogP contribution in [-0.4, -0.2) is 29.6 Å². The summed E-state index contributed by atoms with van der Waals surface area (Å²) in [4.78, 5) is 34.2. The molecule has 0 aromatic heterocycles. The van der Waals surface area contributed by atoms with Gasteiger partial charge in [0.25, 0.3) is 0 Å². The molecule has 0 radical (unpaired) electrons. The minimum atomic E-state index is -1.30. The number of hydrogen-bond donors (Lipinski definition) is 1. The molecule has 0 unspecified atom stereocenters. The smallest absolute Gasteiger partial charge is 0.341 e. The number of aliphatic carboxylic acids is 1. The van der Waals surface area contributed by atoms with Gasteiger partial charge in [0.15, 0.2) is 6.61 Å². The quantitative estimate of drug-likeness (QED) is 0.569. The van der Waals surface area contributed by atoms with Crippen molar-refractivity contribution in [3.05, 3.63) is 46.0 Å². The van der Waals surface area contributed by atoms with E-state index in [-0.39, 0.29) is 5.57 Å². The number of halogens is 2. The number of esters is 2. The summed E-state index contributed by atoms with van der Waals surface area (Å²) in [6.45, 7) is 2.63. The van der Waals surface area contributed by atoms with Gasteiger partial charge in [0.1, 0.15) is 5.60 Å². The van der Waals surface area contributed by atoms with E-state index in [1.54, 1.807) is 18.2 Å². The van der Waals surface area contributed by atoms with Crippen LogP contribution in [0.3, 0.4) is 0 Å². The fourth-order valence-corrected chi connectivity index (χ4v) is 3.31. The van der Waals surface area contributed by atoms with Gasteiger partial charge in [0.05, 0.1) is 6.42 Å². The number of rotatable bonds is 7. The van der Waals surface area contributed by atoms with Crippen molar-refractivity contribution in [2.75, 3.05) is 6.61 Å². The highest BCUT2D eigenvalue weighted by atomic mass is 35.5. The van der Waals surface area contributed by atoms with Crippen molar-refractivity contribution in [3.8, 4) is 0 Å². The van der Waals surface area contributed by atoms with Gasteiger partial charge < -0.3 is 14.6 Å². The molecule has 1 aromatic rings. The molecule has 1 aliphatic carbocycles. The van der Waals surface area contributed by atoms with E-state index in [1.165, 1.54) is 0 Å². The van der Waals surface area contributed by atoms with Crippen molar-refractivity contribution in [2.24, 2.45) is 0 Å². The van der Waals surface area contributed by atoms with Gasteiger partial charge in [0.2, 0.25) is 0 Å². The Morgan fingerprint density at radius 1 is 1.20 bits per heavy atom. The van der Waals surface area contributed by atoms with Crippen LogP contribution in [0.1, 0.15) is 31.2 Å². The summed E-state index contributed by atoms with van der Waals surface area (Å²) in [5, 5.41) is 9.28. The van der Waals surface area contributed by atoms with E-state index in [0.717, 1.165) is 6.42 Å². The first-order valence-electron chi connectivity index (χ1n) is 7.48. The summed E-state index contributed by atoms with van der Waals surface area (Å²) in [6.07, 6.45) is 1.56. The number of carbonyl (C=O) groups is 3. The lowest BCUT2D eigenvalue weighted by Gasteiger charge is -2.42. The standard InChI is InChI=1S/C17H16Cl2O6/c1-10(16(23)24-9-13(20)21)8-14(22)25-17(6-3-7-17)15-11(18)4-2-5-12(15)19/h2,4-5H,1,3,6-9H2,(H,20,21). The van der Waals surface area contributed by atoms with Gasteiger partial charge in [-0.2, -0.15) is 0 Å². The number of hydrogen-bond acceptors (Lipinski definition) is 5. The molecule has 2 rings (SSSR count). The minimum Gasteiger partial charge on any atom is -0.479 e. The second-order valence-electron chi connectivity index (χ2n) is 5.67. The Bertz CT molecular complexity index is 704. The molecule has 0 amide bonds. The van der Waals surface area contributed by atoms with Crippen LogP contribution in [0, 0.1) is 0 Å². The zero-order valence-corrected chi connectivity index (χ0v) is 14.7. The van der Waals surface area contributed by atoms with Crippen LogP contribution >= 0.6 is 23.2 Å². The van der Waals surface area contributed by atoms with Crippen LogP contribution in [0.15, 0.2) is 30.4 Å². The van der Waals surface area contributed by atoms with Gasteiger partial charge in [-0.1, -0.05) is 35.8 Å². The van der Waals surface area contributed by atoms with E-state index >= 15 is 0 Å². The van der Waals surface area contributed by atoms with Gasteiger partial charge in [-0.15, -0.1) is 0 Å². The molecule has 1 aromatic carbocycles. The van der Waals surface area contributed by atoms with E-state index in [4.69, 9.17) is 33.0 Å². The molecule has 0 aliphatic heterocycles. The minimum absolute atomic E-state index is 0.189. The van der Waals surface area contributed by atoms with Gasteiger partial charge in [0, 0.05) is 21.2 Å². The third kappa shape index (κ3) is 4.52. The maximum atomic E-state index is 12.2. The summed E-state index contributed by atoms with van der Waals surface area (Å²) in [7, 11) is 0. The molecule has 0 bridgehead atoms. The van der Waals surface area contributed by atoms with Gasteiger partial charge >= 0.3 is 17.9 Å². The normalized spacial score (nSPS) is 15.0. The first-order valence-corrected chi connectivity index (χ1v) is 8.24. The van der Waals surface area contributed by atoms with Crippen LogP contribution in [0.4, 0.5) is 0 Å². The highest BCUT2D eigenvalue weighted by Gasteiger charge is 2.45. The van der Waals surface area contributed by atoms with E-state index in [9.17, 15) is 14.4 Å². The first kappa shape index (κ1) is 19.3. The molecule has 0 saturated heterocycles. The van der Waals surface area contributed by atoms with Crippen molar-refractivity contribution < 1.29 is 29.0 Å². The van der Waals surface area contributed by atoms with Gasteiger partial charge in [-0.3, -0.25) is 4.79 Å². The maximum Gasteiger partial charge on any atom is 0.341 e. The molecule has 0 heterocycles. The fraction of sp³-hybridized carbons (Fsp3) is 0.353. The molecule has 0 atom stereocenters. The summed E-state index contributed by atoms with van der Waals surface area (Å²) >= 11 is 12.4. The van der Waals surface area contributed by atoms with Crippen LogP contribution < -0.4 is 0 Å². The SMILES string of the molecule is C=C(CC(=O)OC1(c2c(Cl)cccc2Cl)CCC1)C(=O)OCC(=O)O. The molecule has 1 aliphatic rings. The second-order valence-corrected chi connectivity index (χ2v) is 6.48. The first-order chi connectivity index (χ1) is 11.7. The molecule has 134 valence electrons. The molecule has 8 heteroatoms. The zero-order chi connectivity index (χ0) is 18.6. The maximum absolute atomic E-state index is 12.2. The highest BCUT2D eigenvalue weighted by Crippen LogP contribution is 2.50. The number of ether oxygens (including phenoxy) is 2. The summed E-state index contributed by atoms with van der Waals surface area (Å²) in [5.41, 5.74) is -0.555. The lowest BCUT2D eigenvalue weighted by atomic mass is 9.74. The fourth-order valence-electron chi connectivity index (χ4n) is 2.56. The number of carbonyl (C=O) groups excluding carboxylic acids is 2. The molecule has 1 N–H and O–H groups in total. The molecule has 6 nitrogen and oxygen atoms in total. The van der Waals surface area contributed by atoms with Gasteiger partial charge in [-0.05, 0) is 31.4 Å². The average Bonchev–Trinajstić information content (AvgIpc) is 2.49. The summed E-state index contributed by atoms with van der Waals surface area (Å²) in [6, 6.07) is 5.03. The van der Waals surface area contributed by atoms with Crippen LogP contribution in [0.5, 0.6) is 0 Å². The van der Waals surface area contributed by atoms with Crippen molar-refractivity contribution >= 4 is 41.1 Å². The number of carboxylic acid groups (broad SMARTS) is 1. The summed E-state index contributed by atoms with van der Waals surface area (Å²) in [5.74, 6) is -2.95. The Morgan fingerprint density at radius 2 is 1.80 bits per heavy atom. The lowest BCUT2D eigenvalue weighted by Crippen LogP contribution is -2.40. The van der Waals surface area contributed by atoms with E-state index < -0.39 is 36.5 Å². The monoisotopic (exact) mass is 386 g/mol. The lowest BCUT2D eigenvalue weighted by molar-refractivity contribution is -0.171. The van der Waals surface area contributed by atoms with E-state index in [0.29, 0.717) is 28.5 Å². The molecule has 1 saturated carbocycles. The molecular formula is C17H16Cl2O6. The number of carboxylic acids is 1. The summed E-state index contributed by atoms with van der Waals surface area (Å²) < 4.78 is 10.0. The largest absolute Gasteiger partial charge is 0.479 e. The van der Waals surface area contributed by atoms with Crippen LogP contribution in [0.2, 0.25) is 10.0 Å². The third-order valence-corrected chi connectivity index (χ3v) is 4.49. The van der Waals surface area contributed by atoms with Crippen LogP contribution in [-0.2, 0) is 29.5 Å². The van der Waals surface area contributed by atoms with Crippen molar-refractivity contribution in [3.63, 3.8) is 0 Å². The molecule has 0 spiro atoms. The molecule has 25 heavy (non-hydrogen) atoms. The highest BCUT2D eigenvalue weighted by molar-refractivity contribution is 6.36. The number of benzene rings is 1. The second kappa shape index (κ2) is 7.89. The van der Waals surface area contributed by atoms with Crippen molar-refractivity contribution in [2.45, 2.75) is 31.3 Å². The Labute approximate surface area is 154 Å². The van der Waals surface area contributed by atoms with Gasteiger partial charge in [-0.25, -0.2) is 9.59 Å². The predicted octanol–water partition coefficient (Wildman–Crippen LogP) is 3.49. The Balaban J connectivity index is 2.04. The Kier molecular flexibility index (Phi) is 6.08.